The molecule has 0 saturated heterocycles. The number of benzene rings is 1. The highest BCUT2D eigenvalue weighted by atomic mass is 79.9. The Morgan fingerprint density at radius 1 is 1.45 bits per heavy atom. The van der Waals surface area contributed by atoms with Gasteiger partial charge in [0, 0.05) is 22.2 Å². The second-order valence-electron chi connectivity index (χ2n) is 3.78. The number of halogens is 5. The lowest BCUT2D eigenvalue weighted by Gasteiger charge is -2.18. The highest BCUT2D eigenvalue weighted by molar-refractivity contribution is 9.10. The van der Waals surface area contributed by atoms with E-state index in [1.165, 1.54) is 6.07 Å². The van der Waals surface area contributed by atoms with Crippen LogP contribution in [0.1, 0.15) is 10.4 Å². The summed E-state index contributed by atoms with van der Waals surface area (Å²) in [6, 6.07) is 2.11. The smallest absolute Gasteiger partial charge is 0.262 e. The van der Waals surface area contributed by atoms with E-state index in [-0.39, 0.29) is 20.0 Å². The lowest BCUT2D eigenvalue weighted by molar-refractivity contribution is 0.0620. The largest absolute Gasteiger partial charge is 0.336 e. The second kappa shape index (κ2) is 6.55. The van der Waals surface area contributed by atoms with E-state index in [4.69, 9.17) is 22.3 Å². The lowest BCUT2D eigenvalue weighted by Crippen LogP contribution is -2.31. The third-order valence-electron chi connectivity index (χ3n) is 2.27. The first kappa shape index (κ1) is 17.6. The van der Waals surface area contributed by atoms with Crippen LogP contribution in [0.5, 0.6) is 0 Å². The highest BCUT2D eigenvalue weighted by Crippen LogP contribution is 2.31. The fraction of sp³-hybridized carbons (Fsp3) is 0.300. The van der Waals surface area contributed by atoms with Gasteiger partial charge in [0.2, 0.25) is 0 Å². The molecule has 0 aliphatic carbocycles. The molecule has 0 fully saturated rings. The van der Waals surface area contributed by atoms with Crippen molar-refractivity contribution in [2.75, 3.05) is 13.6 Å². The Kier molecular flexibility index (Phi) is 5.77. The number of carbonyl (C=O) groups excluding carboxylic acids is 1. The van der Waals surface area contributed by atoms with Crippen LogP contribution in [-0.2, 0) is 9.05 Å². The maximum atomic E-state index is 12.2. The molecule has 0 heterocycles. The molecule has 0 atom stereocenters. The Morgan fingerprint density at radius 3 is 2.45 bits per heavy atom. The predicted octanol–water partition coefficient (Wildman–Crippen LogP) is 3.37. The van der Waals surface area contributed by atoms with Crippen molar-refractivity contribution in [3.05, 3.63) is 27.2 Å². The van der Waals surface area contributed by atoms with Crippen molar-refractivity contribution in [2.45, 2.75) is 11.3 Å². The van der Waals surface area contributed by atoms with Crippen LogP contribution in [0.3, 0.4) is 0 Å². The molecule has 1 rings (SSSR count). The van der Waals surface area contributed by atoms with E-state index in [0.717, 1.165) is 18.0 Å². The molecule has 0 N–H and O–H groups in total. The number of amides is 1. The van der Waals surface area contributed by atoms with Crippen LogP contribution >= 0.6 is 38.2 Å². The summed E-state index contributed by atoms with van der Waals surface area (Å²) in [5, 5.41) is -0.0768. The molecule has 1 amide bonds. The Labute approximate surface area is 132 Å². The normalized spacial score (nSPS) is 11.8. The maximum absolute atomic E-state index is 12.2. The first-order valence-electron chi connectivity index (χ1n) is 5.01. The summed E-state index contributed by atoms with van der Waals surface area (Å²) in [4.78, 5) is 12.3. The van der Waals surface area contributed by atoms with Gasteiger partial charge in [-0.2, -0.15) is 0 Å². The minimum absolute atomic E-state index is 0.0746. The van der Waals surface area contributed by atoms with Crippen LogP contribution < -0.4 is 0 Å². The number of alkyl halides is 2. The standard InChI is InChI=1S/C10H8BrCl2F2NO3S/c1-16(4-9(14)15)10(17)5-2-8(20(13,18)19)6(11)3-7(5)12/h2-3,9H,4H2,1H3. The van der Waals surface area contributed by atoms with Crippen molar-refractivity contribution in [2.24, 2.45) is 0 Å². The quantitative estimate of drug-likeness (QED) is 0.715. The molecule has 0 saturated carbocycles. The van der Waals surface area contributed by atoms with Gasteiger partial charge in [-0.3, -0.25) is 4.79 Å². The van der Waals surface area contributed by atoms with Crippen molar-refractivity contribution in [1.29, 1.82) is 0 Å². The zero-order valence-electron chi connectivity index (χ0n) is 9.91. The van der Waals surface area contributed by atoms with Crippen LogP contribution in [0.25, 0.3) is 0 Å². The summed E-state index contributed by atoms with van der Waals surface area (Å²) in [7, 11) is 2.26. The fourth-order valence-electron chi connectivity index (χ4n) is 1.38. The fourth-order valence-corrected chi connectivity index (χ4v) is 3.95. The van der Waals surface area contributed by atoms with Crippen molar-refractivity contribution in [1.82, 2.24) is 4.90 Å². The van der Waals surface area contributed by atoms with Gasteiger partial charge in [-0.05, 0) is 28.1 Å². The number of hydrogen-bond acceptors (Lipinski definition) is 3. The van der Waals surface area contributed by atoms with Crippen molar-refractivity contribution >= 4 is 53.2 Å². The molecule has 0 bridgehead atoms. The minimum atomic E-state index is -4.11. The van der Waals surface area contributed by atoms with Gasteiger partial charge in [0.1, 0.15) is 0 Å². The van der Waals surface area contributed by atoms with Gasteiger partial charge in [0.25, 0.3) is 21.4 Å². The molecule has 0 aromatic heterocycles. The number of carbonyl (C=O) groups is 1. The molecule has 1 aromatic carbocycles. The molecule has 0 aliphatic heterocycles. The molecule has 10 heteroatoms. The van der Waals surface area contributed by atoms with Crippen LogP contribution in [0.15, 0.2) is 21.5 Å². The van der Waals surface area contributed by atoms with E-state index < -0.39 is 27.9 Å². The zero-order chi connectivity index (χ0) is 15.7. The first-order valence-corrected chi connectivity index (χ1v) is 8.49. The Bertz CT molecular complexity index is 640. The van der Waals surface area contributed by atoms with Crippen molar-refractivity contribution < 1.29 is 22.0 Å². The lowest BCUT2D eigenvalue weighted by atomic mass is 10.2. The van der Waals surface area contributed by atoms with Crippen molar-refractivity contribution in [3.63, 3.8) is 0 Å². The second-order valence-corrected chi connectivity index (χ2v) is 7.57. The molecule has 0 aliphatic rings. The summed E-state index contributed by atoms with van der Waals surface area (Å²) in [5.41, 5.74) is -0.225. The SMILES string of the molecule is CN(CC(F)F)C(=O)c1cc(S(=O)(=O)Cl)c(Br)cc1Cl. The van der Waals surface area contributed by atoms with Gasteiger partial charge in [0.15, 0.2) is 0 Å². The summed E-state index contributed by atoms with van der Waals surface area (Å²) < 4.78 is 47.2. The van der Waals surface area contributed by atoms with E-state index in [1.807, 2.05) is 0 Å². The summed E-state index contributed by atoms with van der Waals surface area (Å²) >= 11 is 8.77. The summed E-state index contributed by atoms with van der Waals surface area (Å²) in [5.74, 6) is -0.829. The van der Waals surface area contributed by atoms with Crippen LogP contribution in [-0.4, -0.2) is 39.2 Å². The van der Waals surface area contributed by atoms with Crippen LogP contribution in [0.4, 0.5) is 8.78 Å². The van der Waals surface area contributed by atoms with Gasteiger partial charge in [-0.25, -0.2) is 17.2 Å². The molecule has 112 valence electrons. The average Bonchev–Trinajstić information content (AvgIpc) is 2.25. The Hall–Kier alpha value is -0.440. The van der Waals surface area contributed by atoms with Crippen LogP contribution in [0, 0.1) is 0 Å². The third-order valence-corrected chi connectivity index (χ3v) is 4.87. The molecule has 0 unspecified atom stereocenters. The van der Waals surface area contributed by atoms with Crippen molar-refractivity contribution in [3.8, 4) is 0 Å². The van der Waals surface area contributed by atoms with E-state index in [0.29, 0.717) is 0 Å². The van der Waals surface area contributed by atoms with Gasteiger partial charge < -0.3 is 4.90 Å². The van der Waals surface area contributed by atoms with E-state index in [9.17, 15) is 22.0 Å². The van der Waals surface area contributed by atoms with Gasteiger partial charge >= 0.3 is 0 Å². The molecule has 0 radical (unpaired) electrons. The van der Waals surface area contributed by atoms with E-state index >= 15 is 0 Å². The zero-order valence-corrected chi connectivity index (χ0v) is 13.8. The van der Waals surface area contributed by atoms with Gasteiger partial charge in [-0.1, -0.05) is 11.6 Å². The minimum Gasteiger partial charge on any atom is -0.336 e. The first-order chi connectivity index (χ1) is 9.04. The van der Waals surface area contributed by atoms with Crippen LogP contribution in [0.2, 0.25) is 5.02 Å². The molecule has 1 aromatic rings. The molecule has 20 heavy (non-hydrogen) atoms. The topological polar surface area (TPSA) is 54.5 Å². The molecular formula is C10H8BrCl2F2NO3S. The van der Waals surface area contributed by atoms with Gasteiger partial charge in [0.05, 0.1) is 22.0 Å². The summed E-state index contributed by atoms with van der Waals surface area (Å²) in [6.07, 6.45) is -2.71. The van der Waals surface area contributed by atoms with E-state index in [1.54, 1.807) is 0 Å². The number of nitrogens with zero attached hydrogens (tertiary/aromatic N) is 1. The molecule has 4 nitrogen and oxygen atoms in total. The number of hydrogen-bond donors (Lipinski definition) is 0. The maximum Gasteiger partial charge on any atom is 0.262 e. The highest BCUT2D eigenvalue weighted by Gasteiger charge is 2.23. The third kappa shape index (κ3) is 4.28. The molecule has 0 spiro atoms. The number of rotatable bonds is 4. The van der Waals surface area contributed by atoms with Gasteiger partial charge in [-0.15, -0.1) is 0 Å². The summed E-state index contributed by atoms with van der Waals surface area (Å²) in [6.45, 7) is -0.797. The molecular weight excluding hydrogens is 403 g/mol. The average molecular weight is 411 g/mol. The van der Waals surface area contributed by atoms with E-state index in [2.05, 4.69) is 15.9 Å². The Morgan fingerprint density at radius 2 is 2.00 bits per heavy atom. The predicted molar refractivity (Wildman–Crippen MR) is 75.2 cm³/mol. The monoisotopic (exact) mass is 409 g/mol. The Balaban J connectivity index is 3.29.